The Morgan fingerprint density at radius 2 is 2.26 bits per heavy atom. The first-order valence-corrected chi connectivity index (χ1v) is 7.12. The SMILES string of the molecule is CC(C)Cc1ccc(NCC2CN(C)CCN2)nn1. The Morgan fingerprint density at radius 3 is 2.89 bits per heavy atom. The summed E-state index contributed by atoms with van der Waals surface area (Å²) in [5.41, 5.74) is 1.07. The molecule has 1 saturated heterocycles. The fourth-order valence-electron chi connectivity index (χ4n) is 2.34. The van der Waals surface area contributed by atoms with Gasteiger partial charge in [0.25, 0.3) is 0 Å². The molecule has 1 aromatic rings. The molecule has 0 saturated carbocycles. The van der Waals surface area contributed by atoms with Gasteiger partial charge in [-0.15, -0.1) is 5.10 Å². The molecule has 1 unspecified atom stereocenters. The Morgan fingerprint density at radius 1 is 1.42 bits per heavy atom. The van der Waals surface area contributed by atoms with E-state index in [9.17, 15) is 0 Å². The molecular weight excluding hydrogens is 238 g/mol. The van der Waals surface area contributed by atoms with E-state index < -0.39 is 0 Å². The van der Waals surface area contributed by atoms with Gasteiger partial charge in [-0.25, -0.2) is 0 Å². The van der Waals surface area contributed by atoms with Crippen molar-refractivity contribution in [1.29, 1.82) is 0 Å². The summed E-state index contributed by atoms with van der Waals surface area (Å²) >= 11 is 0. The van der Waals surface area contributed by atoms with Gasteiger partial charge in [-0.05, 0) is 31.5 Å². The molecule has 5 heteroatoms. The van der Waals surface area contributed by atoms with Crippen molar-refractivity contribution in [2.75, 3.05) is 38.5 Å². The number of rotatable bonds is 5. The van der Waals surface area contributed by atoms with Crippen LogP contribution >= 0.6 is 0 Å². The van der Waals surface area contributed by atoms with Crippen LogP contribution in [0.4, 0.5) is 5.82 Å². The van der Waals surface area contributed by atoms with E-state index in [1.807, 2.05) is 6.07 Å². The number of anilines is 1. The van der Waals surface area contributed by atoms with Crippen LogP contribution in [0.1, 0.15) is 19.5 Å². The van der Waals surface area contributed by atoms with Gasteiger partial charge in [0.1, 0.15) is 5.82 Å². The Hall–Kier alpha value is -1.20. The van der Waals surface area contributed by atoms with Crippen molar-refractivity contribution in [3.63, 3.8) is 0 Å². The lowest BCUT2D eigenvalue weighted by Crippen LogP contribution is -2.51. The quantitative estimate of drug-likeness (QED) is 0.830. The second kappa shape index (κ2) is 6.82. The topological polar surface area (TPSA) is 53.1 Å². The predicted molar refractivity (Wildman–Crippen MR) is 78.4 cm³/mol. The maximum atomic E-state index is 4.25. The average Bonchev–Trinajstić information content (AvgIpc) is 2.37. The van der Waals surface area contributed by atoms with Gasteiger partial charge in [-0.3, -0.25) is 0 Å². The molecule has 19 heavy (non-hydrogen) atoms. The third kappa shape index (κ3) is 4.76. The van der Waals surface area contributed by atoms with Crippen LogP contribution in [0.2, 0.25) is 0 Å². The molecule has 1 aliphatic rings. The van der Waals surface area contributed by atoms with Crippen molar-refractivity contribution in [3.8, 4) is 0 Å². The van der Waals surface area contributed by atoms with Gasteiger partial charge in [0.2, 0.25) is 0 Å². The van der Waals surface area contributed by atoms with Crippen molar-refractivity contribution in [1.82, 2.24) is 20.4 Å². The van der Waals surface area contributed by atoms with E-state index in [4.69, 9.17) is 0 Å². The third-order valence-corrected chi connectivity index (χ3v) is 3.33. The number of likely N-dealkylation sites (N-methyl/N-ethyl adjacent to an activating group) is 1. The number of hydrogen-bond acceptors (Lipinski definition) is 5. The summed E-state index contributed by atoms with van der Waals surface area (Å²) in [6.07, 6.45) is 0.988. The molecule has 0 aromatic carbocycles. The zero-order valence-electron chi connectivity index (χ0n) is 12.2. The normalized spacial score (nSPS) is 20.7. The maximum Gasteiger partial charge on any atom is 0.148 e. The van der Waals surface area contributed by atoms with E-state index in [2.05, 4.69) is 52.7 Å². The average molecular weight is 263 g/mol. The highest BCUT2D eigenvalue weighted by Gasteiger charge is 2.15. The van der Waals surface area contributed by atoms with Crippen LogP contribution in [0.15, 0.2) is 12.1 Å². The zero-order valence-corrected chi connectivity index (χ0v) is 12.2. The monoisotopic (exact) mass is 263 g/mol. The molecule has 1 aliphatic heterocycles. The largest absolute Gasteiger partial charge is 0.367 e. The van der Waals surface area contributed by atoms with Gasteiger partial charge in [0.05, 0.1) is 5.69 Å². The van der Waals surface area contributed by atoms with Crippen LogP contribution in [0, 0.1) is 5.92 Å². The first-order chi connectivity index (χ1) is 9.13. The van der Waals surface area contributed by atoms with Crippen LogP contribution in [0.3, 0.4) is 0 Å². The Balaban J connectivity index is 1.79. The third-order valence-electron chi connectivity index (χ3n) is 3.33. The minimum Gasteiger partial charge on any atom is -0.367 e. The van der Waals surface area contributed by atoms with Crippen molar-refractivity contribution < 1.29 is 0 Å². The number of hydrogen-bond donors (Lipinski definition) is 2. The first kappa shape index (κ1) is 14.2. The van der Waals surface area contributed by atoms with E-state index in [1.165, 1.54) is 0 Å². The fourth-order valence-corrected chi connectivity index (χ4v) is 2.34. The van der Waals surface area contributed by atoms with Crippen LogP contribution in [0.5, 0.6) is 0 Å². The van der Waals surface area contributed by atoms with Gasteiger partial charge in [0.15, 0.2) is 0 Å². The van der Waals surface area contributed by atoms with E-state index in [0.717, 1.165) is 44.1 Å². The molecule has 1 aromatic heterocycles. The zero-order chi connectivity index (χ0) is 13.7. The number of aromatic nitrogens is 2. The summed E-state index contributed by atoms with van der Waals surface area (Å²) in [4.78, 5) is 2.35. The van der Waals surface area contributed by atoms with E-state index in [0.29, 0.717) is 12.0 Å². The lowest BCUT2D eigenvalue weighted by atomic mass is 10.1. The van der Waals surface area contributed by atoms with Crippen LogP contribution in [-0.4, -0.2) is 54.4 Å². The summed E-state index contributed by atoms with van der Waals surface area (Å²) in [6.45, 7) is 8.54. The molecule has 1 fully saturated rings. The number of nitrogens with one attached hydrogen (secondary N) is 2. The van der Waals surface area contributed by atoms with Crippen molar-refractivity contribution in [2.24, 2.45) is 5.92 Å². The van der Waals surface area contributed by atoms with Crippen molar-refractivity contribution in [3.05, 3.63) is 17.8 Å². The first-order valence-electron chi connectivity index (χ1n) is 7.12. The molecule has 2 heterocycles. The van der Waals surface area contributed by atoms with Gasteiger partial charge in [-0.1, -0.05) is 13.8 Å². The number of nitrogens with zero attached hydrogens (tertiary/aromatic N) is 3. The Bertz CT molecular complexity index is 376. The van der Waals surface area contributed by atoms with Crippen LogP contribution in [0.25, 0.3) is 0 Å². The van der Waals surface area contributed by atoms with Gasteiger partial charge < -0.3 is 15.5 Å². The molecule has 106 valence electrons. The minimum absolute atomic E-state index is 0.482. The van der Waals surface area contributed by atoms with E-state index in [-0.39, 0.29) is 0 Å². The van der Waals surface area contributed by atoms with E-state index in [1.54, 1.807) is 0 Å². The van der Waals surface area contributed by atoms with Crippen molar-refractivity contribution in [2.45, 2.75) is 26.3 Å². The highest BCUT2D eigenvalue weighted by Crippen LogP contribution is 2.07. The number of piperazine rings is 1. The summed E-state index contributed by atoms with van der Waals surface area (Å²) in [6, 6.07) is 4.57. The molecule has 0 bridgehead atoms. The summed E-state index contributed by atoms with van der Waals surface area (Å²) in [5.74, 6) is 1.48. The molecule has 1 atom stereocenters. The second-order valence-corrected chi connectivity index (χ2v) is 5.80. The summed E-state index contributed by atoms with van der Waals surface area (Å²) in [5, 5.41) is 15.3. The molecular formula is C14H25N5. The van der Waals surface area contributed by atoms with Gasteiger partial charge >= 0.3 is 0 Å². The molecule has 0 aliphatic carbocycles. The maximum absolute atomic E-state index is 4.25. The molecule has 5 nitrogen and oxygen atoms in total. The Kier molecular flexibility index (Phi) is 5.10. The fraction of sp³-hybridized carbons (Fsp3) is 0.714. The summed E-state index contributed by atoms with van der Waals surface area (Å²) in [7, 11) is 2.16. The minimum atomic E-state index is 0.482. The van der Waals surface area contributed by atoms with Gasteiger partial charge in [-0.2, -0.15) is 5.10 Å². The highest BCUT2D eigenvalue weighted by molar-refractivity contribution is 5.33. The molecule has 2 rings (SSSR count). The predicted octanol–water partition coefficient (Wildman–Crippen LogP) is 0.991. The van der Waals surface area contributed by atoms with Crippen LogP contribution in [-0.2, 0) is 6.42 Å². The Labute approximate surface area is 115 Å². The molecule has 2 N–H and O–H groups in total. The lowest BCUT2D eigenvalue weighted by molar-refractivity contribution is 0.244. The summed E-state index contributed by atoms with van der Waals surface area (Å²) < 4.78 is 0. The molecule has 0 spiro atoms. The van der Waals surface area contributed by atoms with Crippen molar-refractivity contribution >= 4 is 5.82 Å². The highest BCUT2D eigenvalue weighted by atomic mass is 15.2. The standard InChI is InChI=1S/C14H25N5/c1-11(2)8-12-4-5-14(18-17-12)16-9-13-10-19(3)7-6-15-13/h4-5,11,13,15H,6-10H2,1-3H3,(H,16,18). The van der Waals surface area contributed by atoms with Crippen LogP contribution < -0.4 is 10.6 Å². The van der Waals surface area contributed by atoms with E-state index >= 15 is 0 Å². The second-order valence-electron chi connectivity index (χ2n) is 5.80. The van der Waals surface area contributed by atoms with Gasteiger partial charge in [0, 0.05) is 32.2 Å². The molecule has 0 radical (unpaired) electrons. The lowest BCUT2D eigenvalue weighted by Gasteiger charge is -2.31. The smallest absolute Gasteiger partial charge is 0.148 e. The molecule has 0 amide bonds.